The van der Waals surface area contributed by atoms with Crippen LogP contribution in [0, 0.1) is 0 Å². The highest BCUT2D eigenvalue weighted by atomic mass is 79.9. The number of nitrogens with zero attached hydrogens (tertiary/aromatic N) is 2. The van der Waals surface area contributed by atoms with E-state index in [9.17, 15) is 14.7 Å². The number of hydrogen-bond acceptors (Lipinski definition) is 5. The van der Waals surface area contributed by atoms with Gasteiger partial charge in [0.25, 0.3) is 5.56 Å². The maximum absolute atomic E-state index is 12.7. The van der Waals surface area contributed by atoms with Crippen LogP contribution >= 0.6 is 15.9 Å². The van der Waals surface area contributed by atoms with Crippen LogP contribution in [-0.2, 0) is 16.1 Å². The number of hydrogen-bond donors (Lipinski definition) is 2. The first-order valence-corrected chi connectivity index (χ1v) is 9.24. The van der Waals surface area contributed by atoms with Crippen LogP contribution in [0.25, 0.3) is 10.8 Å². The summed E-state index contributed by atoms with van der Waals surface area (Å²) in [5.41, 5.74) is -0.442. The predicted octanol–water partition coefficient (Wildman–Crippen LogP) is 1.90. The number of nitrogens with one attached hydrogen (secondary N) is 1. The Morgan fingerprint density at radius 2 is 2.19 bits per heavy atom. The van der Waals surface area contributed by atoms with Gasteiger partial charge in [-0.25, -0.2) is 4.68 Å². The highest BCUT2D eigenvalue weighted by Gasteiger charge is 2.39. The van der Waals surface area contributed by atoms with Crippen LogP contribution < -0.4 is 10.9 Å². The second-order valence-electron chi connectivity index (χ2n) is 7.09. The molecule has 1 fully saturated rings. The Balaban J connectivity index is 1.91. The van der Waals surface area contributed by atoms with E-state index in [1.165, 1.54) is 4.68 Å². The fourth-order valence-corrected chi connectivity index (χ4v) is 3.68. The minimum atomic E-state index is -0.718. The molecule has 8 heteroatoms. The summed E-state index contributed by atoms with van der Waals surface area (Å²) in [6.45, 7) is 3.41. The molecule has 2 N–H and O–H groups in total. The van der Waals surface area contributed by atoms with Gasteiger partial charge in [-0.2, -0.15) is 5.10 Å². The third-order valence-corrected chi connectivity index (χ3v) is 5.21. The average Bonchev–Trinajstić information content (AvgIpc) is 2.54. The second-order valence-corrected chi connectivity index (χ2v) is 8.00. The predicted molar refractivity (Wildman–Crippen MR) is 101 cm³/mol. The number of carbonyl (C=O) groups excluding carboxylic acids is 1. The average molecular weight is 424 g/mol. The molecule has 1 unspecified atom stereocenters. The van der Waals surface area contributed by atoms with E-state index in [0.717, 1.165) is 4.47 Å². The van der Waals surface area contributed by atoms with E-state index >= 15 is 0 Å². The van der Waals surface area contributed by atoms with Gasteiger partial charge in [0.05, 0.1) is 22.8 Å². The Hall–Kier alpha value is -1.77. The summed E-state index contributed by atoms with van der Waals surface area (Å²) >= 11 is 3.41. The van der Waals surface area contributed by atoms with Crippen molar-refractivity contribution in [3.63, 3.8) is 0 Å². The monoisotopic (exact) mass is 423 g/mol. The largest absolute Gasteiger partial charge is 0.390 e. The summed E-state index contributed by atoms with van der Waals surface area (Å²) in [6, 6.07) is 5.26. The molecule has 7 nitrogen and oxygen atoms in total. The fraction of sp³-hybridized carbons (Fsp3) is 0.500. The zero-order valence-electron chi connectivity index (χ0n) is 15.0. The number of carbonyl (C=O) groups is 1. The molecule has 1 aliphatic carbocycles. The van der Waals surface area contributed by atoms with E-state index in [2.05, 4.69) is 26.3 Å². The number of benzene rings is 1. The molecule has 1 heterocycles. The first-order chi connectivity index (χ1) is 12.2. The van der Waals surface area contributed by atoms with Crippen molar-refractivity contribution in [3.8, 4) is 0 Å². The van der Waals surface area contributed by atoms with Gasteiger partial charge in [-0.3, -0.25) is 9.59 Å². The van der Waals surface area contributed by atoms with Crippen molar-refractivity contribution in [2.75, 3.05) is 7.11 Å². The molecule has 1 atom stereocenters. The van der Waals surface area contributed by atoms with Crippen LogP contribution in [0.3, 0.4) is 0 Å². The van der Waals surface area contributed by atoms with E-state index in [-0.39, 0.29) is 30.2 Å². The number of aromatic nitrogens is 2. The van der Waals surface area contributed by atoms with Crippen molar-refractivity contribution in [1.29, 1.82) is 0 Å². The van der Waals surface area contributed by atoms with E-state index in [1.807, 2.05) is 13.0 Å². The number of methoxy groups -OCH3 is 1. The van der Waals surface area contributed by atoms with Gasteiger partial charge in [0.1, 0.15) is 6.54 Å². The summed E-state index contributed by atoms with van der Waals surface area (Å²) in [6.07, 6.45) is 0.695. The quantitative estimate of drug-likeness (QED) is 0.765. The SMILES string of the molecule is COC(C)c1nn(CC(=O)N[C@H]2C[C@@](C)(O)C2)c(=O)c2ccc(Br)cc12. The summed E-state index contributed by atoms with van der Waals surface area (Å²) in [5, 5.41) is 18.2. The highest BCUT2D eigenvalue weighted by Crippen LogP contribution is 2.31. The molecule has 0 aliphatic heterocycles. The first kappa shape index (κ1) is 19.0. The summed E-state index contributed by atoms with van der Waals surface area (Å²) in [4.78, 5) is 25.0. The van der Waals surface area contributed by atoms with Crippen molar-refractivity contribution >= 4 is 32.6 Å². The summed E-state index contributed by atoms with van der Waals surface area (Å²) in [5.74, 6) is -0.299. The van der Waals surface area contributed by atoms with Crippen LogP contribution in [0.1, 0.15) is 38.5 Å². The lowest BCUT2D eigenvalue weighted by atomic mass is 9.77. The van der Waals surface area contributed by atoms with E-state index < -0.39 is 5.60 Å². The van der Waals surface area contributed by atoms with Gasteiger partial charge in [0.15, 0.2) is 0 Å². The molecular weight excluding hydrogens is 402 g/mol. The molecule has 0 spiro atoms. The van der Waals surface area contributed by atoms with Crippen molar-refractivity contribution in [3.05, 3.63) is 38.7 Å². The fourth-order valence-electron chi connectivity index (χ4n) is 3.32. The van der Waals surface area contributed by atoms with E-state index in [4.69, 9.17) is 4.74 Å². The molecule has 2 aromatic rings. The second kappa shape index (κ2) is 7.09. The zero-order chi connectivity index (χ0) is 19.1. The molecule has 1 saturated carbocycles. The normalized spacial score (nSPS) is 23.5. The van der Waals surface area contributed by atoms with Crippen LogP contribution in [-0.4, -0.2) is 39.5 Å². The van der Waals surface area contributed by atoms with Gasteiger partial charge in [-0.1, -0.05) is 15.9 Å². The minimum Gasteiger partial charge on any atom is -0.390 e. The summed E-state index contributed by atoms with van der Waals surface area (Å²) < 4.78 is 7.39. The zero-order valence-corrected chi connectivity index (χ0v) is 16.5. The van der Waals surface area contributed by atoms with Crippen LogP contribution in [0.15, 0.2) is 27.5 Å². The van der Waals surface area contributed by atoms with Crippen molar-refractivity contribution in [1.82, 2.24) is 15.1 Å². The molecule has 140 valence electrons. The Kier molecular flexibility index (Phi) is 5.18. The smallest absolute Gasteiger partial charge is 0.275 e. The molecular formula is C18H22BrN3O4. The molecule has 0 saturated heterocycles. The van der Waals surface area contributed by atoms with Gasteiger partial charge < -0.3 is 15.2 Å². The number of amides is 1. The Morgan fingerprint density at radius 3 is 2.81 bits per heavy atom. The number of rotatable bonds is 5. The number of halogens is 1. The lowest BCUT2D eigenvalue weighted by molar-refractivity contribution is -0.125. The van der Waals surface area contributed by atoms with Gasteiger partial charge in [0, 0.05) is 23.0 Å². The van der Waals surface area contributed by atoms with Crippen LogP contribution in [0.2, 0.25) is 0 Å². The summed E-state index contributed by atoms with van der Waals surface area (Å²) in [7, 11) is 1.57. The Bertz CT molecular complexity index is 901. The lowest BCUT2D eigenvalue weighted by Crippen LogP contribution is -2.54. The van der Waals surface area contributed by atoms with Gasteiger partial charge in [-0.05, 0) is 44.9 Å². The van der Waals surface area contributed by atoms with Crippen LogP contribution in [0.4, 0.5) is 0 Å². The Labute approximate surface area is 159 Å². The van der Waals surface area contributed by atoms with Gasteiger partial charge in [0.2, 0.25) is 5.91 Å². The highest BCUT2D eigenvalue weighted by molar-refractivity contribution is 9.10. The van der Waals surface area contributed by atoms with Gasteiger partial charge >= 0.3 is 0 Å². The molecule has 3 rings (SSSR count). The first-order valence-electron chi connectivity index (χ1n) is 8.45. The lowest BCUT2D eigenvalue weighted by Gasteiger charge is -2.41. The molecule has 1 aromatic carbocycles. The maximum Gasteiger partial charge on any atom is 0.275 e. The number of aliphatic hydroxyl groups is 1. The standard InChI is InChI=1S/C18H22BrN3O4/c1-10(26-3)16-14-6-11(19)4-5-13(14)17(24)22(21-16)9-15(23)20-12-7-18(2,25)8-12/h4-6,10,12,25H,7-9H2,1-3H3,(H,20,23)/t10?,12-,18+. The van der Waals surface area contributed by atoms with Gasteiger partial charge in [-0.15, -0.1) is 0 Å². The molecule has 1 amide bonds. The third-order valence-electron chi connectivity index (χ3n) is 4.72. The van der Waals surface area contributed by atoms with Crippen molar-refractivity contribution < 1.29 is 14.6 Å². The molecule has 0 radical (unpaired) electrons. The topological polar surface area (TPSA) is 93.5 Å². The van der Waals surface area contributed by atoms with E-state index in [0.29, 0.717) is 29.3 Å². The molecule has 1 aliphatic rings. The third kappa shape index (κ3) is 3.82. The minimum absolute atomic E-state index is 0.0676. The maximum atomic E-state index is 12.7. The van der Waals surface area contributed by atoms with Crippen molar-refractivity contribution in [2.24, 2.45) is 0 Å². The number of ether oxygens (including phenoxy) is 1. The Morgan fingerprint density at radius 1 is 1.50 bits per heavy atom. The van der Waals surface area contributed by atoms with Crippen LogP contribution in [0.5, 0.6) is 0 Å². The molecule has 0 bridgehead atoms. The molecule has 26 heavy (non-hydrogen) atoms. The van der Waals surface area contributed by atoms with Crippen molar-refractivity contribution in [2.45, 2.75) is 51.0 Å². The molecule has 1 aromatic heterocycles. The van der Waals surface area contributed by atoms with E-state index in [1.54, 1.807) is 26.2 Å². The number of fused-ring (bicyclic) bond motifs is 1.